The van der Waals surface area contributed by atoms with Gasteiger partial charge in [0, 0.05) is 12.8 Å². The summed E-state index contributed by atoms with van der Waals surface area (Å²) in [6.07, 6.45) is 43.2. The fourth-order valence-electron chi connectivity index (χ4n) is 5.55. The van der Waals surface area contributed by atoms with Crippen LogP contribution < -0.4 is 11.1 Å². The van der Waals surface area contributed by atoms with Crippen LogP contribution in [0.4, 0.5) is 0 Å². The number of carbonyl (C=O) groups excluding carboxylic acids is 2. The van der Waals surface area contributed by atoms with Gasteiger partial charge in [-0.3, -0.25) is 9.59 Å². The molecule has 282 valence electrons. The van der Waals surface area contributed by atoms with Gasteiger partial charge in [-0.1, -0.05) is 127 Å². The molecular weight excluding hydrogens is 612 g/mol. The van der Waals surface area contributed by atoms with Crippen LogP contribution >= 0.6 is 0 Å². The van der Waals surface area contributed by atoms with Gasteiger partial charge in [-0.15, -0.1) is 0 Å². The van der Waals surface area contributed by atoms with Gasteiger partial charge in [-0.05, 0) is 96.1 Å². The number of ether oxygens (including phenoxy) is 1. The summed E-state index contributed by atoms with van der Waals surface area (Å²) in [6, 6.07) is -0.875. The summed E-state index contributed by atoms with van der Waals surface area (Å²) in [4.78, 5) is 36.2. The molecule has 0 aliphatic rings. The normalized spacial score (nSPS) is 13.2. The van der Waals surface area contributed by atoms with E-state index in [4.69, 9.17) is 10.5 Å². The first-order chi connectivity index (χ1) is 23.9. The van der Waals surface area contributed by atoms with Crippen LogP contribution in [0.5, 0.6) is 0 Å². The number of nitrogens with one attached hydrogen (secondary N) is 1. The molecule has 2 atom stereocenters. The zero-order chi connectivity index (χ0) is 36.0. The summed E-state index contributed by atoms with van der Waals surface area (Å²) < 4.78 is 5.87. The smallest absolute Gasteiger partial charge is 0.326 e. The van der Waals surface area contributed by atoms with Crippen molar-refractivity contribution in [3.63, 3.8) is 0 Å². The van der Waals surface area contributed by atoms with Crippen molar-refractivity contribution in [2.75, 3.05) is 6.54 Å². The van der Waals surface area contributed by atoms with Crippen molar-refractivity contribution in [3.05, 3.63) is 48.6 Å². The van der Waals surface area contributed by atoms with Gasteiger partial charge >= 0.3 is 11.9 Å². The maximum atomic E-state index is 12.6. The zero-order valence-corrected chi connectivity index (χ0v) is 31.5. The largest absolute Gasteiger partial charge is 0.480 e. The van der Waals surface area contributed by atoms with Crippen molar-refractivity contribution in [3.8, 4) is 0 Å². The molecule has 0 heterocycles. The second-order valence-corrected chi connectivity index (χ2v) is 13.3. The highest BCUT2D eigenvalue weighted by molar-refractivity contribution is 5.83. The minimum atomic E-state index is -1.02. The average Bonchev–Trinajstić information content (AvgIpc) is 3.08. The Morgan fingerprint density at radius 2 is 1.16 bits per heavy atom. The van der Waals surface area contributed by atoms with Gasteiger partial charge in [0.2, 0.25) is 5.91 Å². The molecule has 0 bridgehead atoms. The lowest BCUT2D eigenvalue weighted by Gasteiger charge is -2.15. The monoisotopic (exact) mass is 687 g/mol. The zero-order valence-electron chi connectivity index (χ0n) is 31.5. The quantitative estimate of drug-likeness (QED) is 0.0347. The number of carboxylic acid groups (broad SMARTS) is 1. The SMILES string of the molecule is CCC/C=C\C/C=C\C(CCCCCCC(=O)NC(CCCN)C(=O)O)OC(=O)CCCCCCCCC/C=C\C/C=C\CCCCCC. The summed E-state index contributed by atoms with van der Waals surface area (Å²) in [7, 11) is 0. The van der Waals surface area contributed by atoms with E-state index in [2.05, 4.69) is 61.7 Å². The minimum Gasteiger partial charge on any atom is -0.480 e. The minimum absolute atomic E-state index is 0.117. The molecule has 1 amide bonds. The van der Waals surface area contributed by atoms with E-state index < -0.39 is 12.0 Å². The Morgan fingerprint density at radius 3 is 1.78 bits per heavy atom. The topological polar surface area (TPSA) is 119 Å². The molecular formula is C42H74N2O5. The summed E-state index contributed by atoms with van der Waals surface area (Å²) in [6.45, 7) is 4.82. The van der Waals surface area contributed by atoms with Crippen LogP contribution in [-0.2, 0) is 19.1 Å². The molecule has 49 heavy (non-hydrogen) atoms. The molecule has 0 spiro atoms. The molecule has 0 radical (unpaired) electrons. The van der Waals surface area contributed by atoms with Crippen molar-refractivity contribution >= 4 is 17.8 Å². The second-order valence-electron chi connectivity index (χ2n) is 13.3. The highest BCUT2D eigenvalue weighted by Gasteiger charge is 2.19. The Morgan fingerprint density at radius 1 is 0.612 bits per heavy atom. The molecule has 0 aliphatic heterocycles. The van der Waals surface area contributed by atoms with Crippen LogP contribution in [0.25, 0.3) is 0 Å². The van der Waals surface area contributed by atoms with Gasteiger partial charge < -0.3 is 20.9 Å². The Balaban J connectivity index is 4.19. The van der Waals surface area contributed by atoms with Crippen LogP contribution in [0.3, 0.4) is 0 Å². The van der Waals surface area contributed by atoms with Gasteiger partial charge in [-0.25, -0.2) is 4.79 Å². The number of carbonyl (C=O) groups is 3. The molecule has 7 heteroatoms. The van der Waals surface area contributed by atoms with Crippen molar-refractivity contribution in [1.82, 2.24) is 5.32 Å². The number of amides is 1. The lowest BCUT2D eigenvalue weighted by Crippen LogP contribution is -2.40. The van der Waals surface area contributed by atoms with E-state index in [-0.39, 0.29) is 18.0 Å². The molecule has 0 saturated heterocycles. The van der Waals surface area contributed by atoms with E-state index in [0.29, 0.717) is 38.6 Å². The lowest BCUT2D eigenvalue weighted by molar-refractivity contribution is -0.147. The van der Waals surface area contributed by atoms with Gasteiger partial charge in [-0.2, -0.15) is 0 Å². The highest BCUT2D eigenvalue weighted by Crippen LogP contribution is 2.15. The number of aliphatic carboxylic acids is 1. The van der Waals surface area contributed by atoms with Crippen LogP contribution in [0, 0.1) is 0 Å². The van der Waals surface area contributed by atoms with E-state index in [1.54, 1.807) is 0 Å². The highest BCUT2D eigenvalue weighted by atomic mass is 16.5. The number of allylic oxidation sites excluding steroid dienone is 7. The second kappa shape index (κ2) is 36.6. The maximum absolute atomic E-state index is 12.6. The Hall–Kier alpha value is -2.67. The maximum Gasteiger partial charge on any atom is 0.326 e. The van der Waals surface area contributed by atoms with Crippen molar-refractivity contribution in [2.45, 2.75) is 193 Å². The fourth-order valence-corrected chi connectivity index (χ4v) is 5.55. The number of hydrogen-bond donors (Lipinski definition) is 3. The van der Waals surface area contributed by atoms with Gasteiger partial charge in [0.1, 0.15) is 12.1 Å². The first kappa shape index (κ1) is 46.3. The van der Waals surface area contributed by atoms with Crippen molar-refractivity contribution in [1.29, 1.82) is 0 Å². The van der Waals surface area contributed by atoms with E-state index in [1.165, 1.54) is 70.6 Å². The van der Waals surface area contributed by atoms with Gasteiger partial charge in [0.25, 0.3) is 0 Å². The molecule has 0 fully saturated rings. The standard InChI is InChI=1S/C42H74N2O5/c1-3-5-7-9-11-12-13-14-15-16-17-18-19-20-21-22-24-30-36-41(46)49-38(32-27-23-10-8-6-4-2)33-28-25-26-29-35-40(45)44-39(42(47)48)34-31-37-43/h8,10,12-13,15-16,27,32,38-39H,3-7,9,11,14,17-26,28-31,33-37,43H2,1-2H3,(H,44,45)(H,47,48)/b10-8-,13-12-,16-15-,32-27-. The van der Waals surface area contributed by atoms with Crippen LogP contribution in [-0.4, -0.2) is 41.6 Å². The Labute approximate surface area is 300 Å². The van der Waals surface area contributed by atoms with Crippen LogP contribution in [0.1, 0.15) is 181 Å². The van der Waals surface area contributed by atoms with Crippen molar-refractivity contribution in [2.24, 2.45) is 5.73 Å². The summed E-state index contributed by atoms with van der Waals surface area (Å²) >= 11 is 0. The Bertz CT molecular complexity index is 911. The first-order valence-corrected chi connectivity index (χ1v) is 20.0. The number of carboxylic acids is 1. The lowest BCUT2D eigenvalue weighted by atomic mass is 10.1. The molecule has 0 aliphatic carbocycles. The molecule has 2 unspecified atom stereocenters. The van der Waals surface area contributed by atoms with Gasteiger partial charge in [0.05, 0.1) is 0 Å². The molecule has 0 aromatic heterocycles. The molecule has 7 nitrogen and oxygen atoms in total. The predicted octanol–water partition coefficient (Wildman–Crippen LogP) is 10.8. The number of hydrogen-bond acceptors (Lipinski definition) is 5. The van der Waals surface area contributed by atoms with E-state index in [9.17, 15) is 19.5 Å². The third-order valence-corrected chi connectivity index (χ3v) is 8.58. The van der Waals surface area contributed by atoms with E-state index in [1.807, 2.05) is 6.08 Å². The average molecular weight is 687 g/mol. The van der Waals surface area contributed by atoms with Crippen LogP contribution in [0.15, 0.2) is 48.6 Å². The number of rotatable bonds is 35. The van der Waals surface area contributed by atoms with E-state index >= 15 is 0 Å². The summed E-state index contributed by atoms with van der Waals surface area (Å²) in [5.74, 6) is -1.37. The predicted molar refractivity (Wildman–Crippen MR) is 206 cm³/mol. The fraction of sp³-hybridized carbons (Fsp3) is 0.738. The molecule has 4 N–H and O–H groups in total. The molecule has 0 aromatic carbocycles. The van der Waals surface area contributed by atoms with Crippen LogP contribution in [0.2, 0.25) is 0 Å². The summed E-state index contributed by atoms with van der Waals surface area (Å²) in [5.41, 5.74) is 5.47. The Kier molecular flexibility index (Phi) is 34.6. The third kappa shape index (κ3) is 33.6. The molecule has 0 saturated carbocycles. The van der Waals surface area contributed by atoms with Crippen molar-refractivity contribution < 1.29 is 24.2 Å². The molecule has 0 aromatic rings. The van der Waals surface area contributed by atoms with E-state index in [0.717, 1.165) is 64.2 Å². The molecule has 0 rings (SSSR count). The number of unbranched alkanes of at least 4 members (excludes halogenated alkanes) is 15. The number of esters is 1. The first-order valence-electron chi connectivity index (χ1n) is 20.0. The third-order valence-electron chi connectivity index (χ3n) is 8.58. The number of nitrogens with two attached hydrogens (primary N) is 1. The van der Waals surface area contributed by atoms with Gasteiger partial charge in [0.15, 0.2) is 0 Å². The summed E-state index contributed by atoms with van der Waals surface area (Å²) in [5, 5.41) is 11.9.